The van der Waals surface area contributed by atoms with Crippen LogP contribution in [0, 0.1) is 0 Å². The molecule has 1 aromatic carbocycles. The molecule has 0 saturated heterocycles. The van der Waals surface area contributed by atoms with Crippen LogP contribution in [0.1, 0.15) is 0 Å². The van der Waals surface area contributed by atoms with E-state index in [4.69, 9.17) is 0 Å². The van der Waals surface area contributed by atoms with Crippen molar-refractivity contribution in [1.82, 2.24) is 14.9 Å². The highest BCUT2D eigenvalue weighted by Gasteiger charge is 2.10. The number of rotatable bonds is 4. The Labute approximate surface area is 119 Å². The van der Waals surface area contributed by atoms with Gasteiger partial charge in [0.1, 0.15) is 5.82 Å². The van der Waals surface area contributed by atoms with E-state index in [1.807, 2.05) is 62.4 Å². The van der Waals surface area contributed by atoms with Crippen LogP contribution in [0.4, 0.5) is 11.8 Å². The maximum Gasteiger partial charge on any atom is 0.252 e. The number of aromatic nitrogens is 2. The largest absolute Gasteiger partial charge is 0.369 e. The maximum absolute atomic E-state index is 4.51. The molecule has 0 unspecified atom stereocenters. The van der Waals surface area contributed by atoms with Crippen LogP contribution < -0.4 is 4.90 Å². The van der Waals surface area contributed by atoms with Crippen LogP contribution in [0.15, 0.2) is 41.5 Å². The van der Waals surface area contributed by atoms with Crippen LogP contribution in [0.2, 0.25) is 0 Å². The van der Waals surface area contributed by atoms with Crippen molar-refractivity contribution in [1.29, 1.82) is 0 Å². The Kier molecular flexibility index (Phi) is 4.30. The number of aliphatic imine (C=N–C) groups is 1. The molecule has 20 heavy (non-hydrogen) atoms. The third-order valence-corrected chi connectivity index (χ3v) is 2.67. The first-order valence-electron chi connectivity index (χ1n) is 6.38. The molecule has 5 nitrogen and oxygen atoms in total. The Balaban J connectivity index is 2.44. The second kappa shape index (κ2) is 6.14. The highest BCUT2D eigenvalue weighted by atomic mass is 15.2. The van der Waals surface area contributed by atoms with E-state index in [-0.39, 0.29) is 0 Å². The zero-order chi connectivity index (χ0) is 14.5. The quantitative estimate of drug-likeness (QED) is 0.631. The molecular weight excluding hydrogens is 250 g/mol. The van der Waals surface area contributed by atoms with Crippen LogP contribution in [0.25, 0.3) is 11.1 Å². The van der Waals surface area contributed by atoms with Gasteiger partial charge < -0.3 is 9.80 Å². The number of nitrogens with zero attached hydrogens (tertiary/aromatic N) is 5. The first-order chi connectivity index (χ1) is 9.58. The zero-order valence-corrected chi connectivity index (χ0v) is 12.3. The van der Waals surface area contributed by atoms with Crippen molar-refractivity contribution < 1.29 is 0 Å². The van der Waals surface area contributed by atoms with Gasteiger partial charge in [-0.3, -0.25) is 0 Å². The smallest absolute Gasteiger partial charge is 0.252 e. The second-order valence-electron chi connectivity index (χ2n) is 4.88. The molecule has 0 aliphatic rings. The van der Waals surface area contributed by atoms with Crippen LogP contribution in [0.3, 0.4) is 0 Å². The lowest BCUT2D eigenvalue weighted by Gasteiger charge is -2.16. The average Bonchev–Trinajstić information content (AvgIpc) is 2.45. The summed E-state index contributed by atoms with van der Waals surface area (Å²) < 4.78 is 0. The van der Waals surface area contributed by atoms with Gasteiger partial charge in [0, 0.05) is 40.0 Å². The summed E-state index contributed by atoms with van der Waals surface area (Å²) in [6.45, 7) is 0. The van der Waals surface area contributed by atoms with Crippen LogP contribution in [-0.4, -0.2) is 49.4 Å². The third kappa shape index (κ3) is 3.32. The minimum absolute atomic E-state index is 0.460. The Morgan fingerprint density at radius 1 is 1.05 bits per heavy atom. The summed E-state index contributed by atoms with van der Waals surface area (Å²) >= 11 is 0. The molecule has 0 amide bonds. The summed E-state index contributed by atoms with van der Waals surface area (Å²) in [6.07, 6.45) is 3.51. The molecule has 5 heteroatoms. The van der Waals surface area contributed by atoms with E-state index in [1.165, 1.54) is 0 Å². The molecule has 2 aromatic rings. The van der Waals surface area contributed by atoms with Gasteiger partial charge in [-0.25, -0.2) is 9.98 Å². The zero-order valence-electron chi connectivity index (χ0n) is 12.3. The Bertz CT molecular complexity index is 590. The minimum Gasteiger partial charge on any atom is -0.369 e. The van der Waals surface area contributed by atoms with Crippen LogP contribution in [0.5, 0.6) is 0 Å². The van der Waals surface area contributed by atoms with Crippen molar-refractivity contribution in [3.05, 3.63) is 36.5 Å². The molecule has 0 radical (unpaired) electrons. The monoisotopic (exact) mass is 269 g/mol. The normalized spacial score (nSPS) is 10.8. The van der Waals surface area contributed by atoms with Crippen LogP contribution >= 0.6 is 0 Å². The fourth-order valence-corrected chi connectivity index (χ4v) is 1.76. The van der Waals surface area contributed by atoms with Gasteiger partial charge in [-0.15, -0.1) is 0 Å². The van der Waals surface area contributed by atoms with Crippen molar-refractivity contribution in [2.24, 2.45) is 4.99 Å². The lowest BCUT2D eigenvalue weighted by atomic mass is 10.1. The standard InChI is InChI=1S/C15H19N5/c1-19(2)11-17-15-16-10-13(14(18-15)20(3)4)12-8-6-5-7-9-12/h5-11H,1-4H3/b17-11+. The van der Waals surface area contributed by atoms with E-state index in [0.29, 0.717) is 5.95 Å². The molecule has 0 atom stereocenters. The Morgan fingerprint density at radius 2 is 1.75 bits per heavy atom. The topological polar surface area (TPSA) is 44.6 Å². The van der Waals surface area contributed by atoms with Gasteiger partial charge in [0.15, 0.2) is 0 Å². The SMILES string of the molecule is CN(C)/C=N/c1ncc(-c2ccccc2)c(N(C)C)n1. The molecule has 0 spiro atoms. The molecule has 0 bridgehead atoms. The van der Waals surface area contributed by atoms with Crippen molar-refractivity contribution in [3.8, 4) is 11.1 Å². The van der Waals surface area contributed by atoms with Gasteiger partial charge in [-0.1, -0.05) is 30.3 Å². The second-order valence-corrected chi connectivity index (χ2v) is 4.88. The van der Waals surface area contributed by atoms with Crippen LogP contribution in [-0.2, 0) is 0 Å². The lowest BCUT2D eigenvalue weighted by molar-refractivity contribution is 0.642. The van der Waals surface area contributed by atoms with Gasteiger partial charge >= 0.3 is 0 Å². The first-order valence-corrected chi connectivity index (χ1v) is 6.38. The van der Waals surface area contributed by atoms with E-state index >= 15 is 0 Å². The molecule has 0 N–H and O–H groups in total. The van der Waals surface area contributed by atoms with Gasteiger partial charge in [-0.05, 0) is 5.56 Å². The molecule has 0 fully saturated rings. The molecule has 1 aromatic heterocycles. The summed E-state index contributed by atoms with van der Waals surface area (Å²) in [5.41, 5.74) is 2.10. The molecule has 0 aliphatic carbocycles. The van der Waals surface area contributed by atoms with Gasteiger partial charge in [0.05, 0.1) is 6.34 Å². The Hall–Kier alpha value is -2.43. The number of hydrogen-bond acceptors (Lipinski definition) is 4. The summed E-state index contributed by atoms with van der Waals surface area (Å²) in [5, 5.41) is 0. The minimum atomic E-state index is 0.460. The third-order valence-electron chi connectivity index (χ3n) is 2.67. The van der Waals surface area contributed by atoms with Gasteiger partial charge in [0.25, 0.3) is 5.95 Å². The van der Waals surface area contributed by atoms with Crippen molar-refractivity contribution >= 4 is 18.1 Å². The number of hydrogen-bond donors (Lipinski definition) is 0. The van der Waals surface area contributed by atoms with Gasteiger partial charge in [0.2, 0.25) is 0 Å². The molecule has 104 valence electrons. The summed E-state index contributed by atoms with van der Waals surface area (Å²) in [7, 11) is 7.76. The predicted octanol–water partition coefficient (Wildman–Crippen LogP) is 2.43. The predicted molar refractivity (Wildman–Crippen MR) is 83.6 cm³/mol. The van der Waals surface area contributed by atoms with Gasteiger partial charge in [-0.2, -0.15) is 4.98 Å². The van der Waals surface area contributed by atoms with Crippen molar-refractivity contribution in [2.45, 2.75) is 0 Å². The lowest BCUT2D eigenvalue weighted by Crippen LogP contribution is -2.13. The summed E-state index contributed by atoms with van der Waals surface area (Å²) in [4.78, 5) is 16.9. The fraction of sp³-hybridized carbons (Fsp3) is 0.267. The summed E-state index contributed by atoms with van der Waals surface area (Å²) in [6, 6.07) is 10.1. The summed E-state index contributed by atoms with van der Waals surface area (Å²) in [5.74, 6) is 1.32. The molecule has 1 heterocycles. The average molecular weight is 269 g/mol. The highest BCUT2D eigenvalue weighted by molar-refractivity contribution is 5.75. The number of benzene rings is 1. The Morgan fingerprint density at radius 3 is 2.35 bits per heavy atom. The molecular formula is C15H19N5. The fourth-order valence-electron chi connectivity index (χ4n) is 1.76. The van der Waals surface area contributed by atoms with Crippen molar-refractivity contribution in [3.63, 3.8) is 0 Å². The van der Waals surface area contributed by atoms with E-state index in [2.05, 4.69) is 27.1 Å². The maximum atomic E-state index is 4.51. The molecule has 0 aliphatic heterocycles. The van der Waals surface area contributed by atoms with E-state index in [0.717, 1.165) is 16.9 Å². The van der Waals surface area contributed by atoms with E-state index < -0.39 is 0 Å². The van der Waals surface area contributed by atoms with Crippen molar-refractivity contribution in [2.75, 3.05) is 33.1 Å². The number of anilines is 1. The highest BCUT2D eigenvalue weighted by Crippen LogP contribution is 2.28. The molecule has 2 rings (SSSR count). The molecule has 0 saturated carbocycles. The van der Waals surface area contributed by atoms with E-state index in [1.54, 1.807) is 6.34 Å². The van der Waals surface area contributed by atoms with E-state index in [9.17, 15) is 0 Å². The first kappa shape index (κ1) is 14.0.